The van der Waals surface area contributed by atoms with E-state index in [-0.39, 0.29) is 11.9 Å². The third kappa shape index (κ3) is 3.96. The van der Waals surface area contributed by atoms with Gasteiger partial charge in [-0.15, -0.1) is 22.7 Å². The molecule has 0 spiro atoms. The minimum absolute atomic E-state index is 0.0593. The van der Waals surface area contributed by atoms with Crippen LogP contribution in [0.5, 0.6) is 0 Å². The lowest BCUT2D eigenvalue weighted by Gasteiger charge is -2.22. The summed E-state index contributed by atoms with van der Waals surface area (Å²) >= 11 is 10.7. The van der Waals surface area contributed by atoms with E-state index in [1.54, 1.807) is 27.6 Å². The lowest BCUT2D eigenvalue weighted by molar-refractivity contribution is -0.128. The van der Waals surface area contributed by atoms with Crippen LogP contribution in [0.15, 0.2) is 46.8 Å². The SMILES string of the molecule is CC(c1nc2ccccc2s1)N(C)C(=O)CSc1nc2cc(Cl)ccc2s1. The van der Waals surface area contributed by atoms with Crippen LogP contribution in [0.1, 0.15) is 18.0 Å². The highest BCUT2D eigenvalue weighted by molar-refractivity contribution is 8.01. The fourth-order valence-corrected chi connectivity index (χ4v) is 5.82. The van der Waals surface area contributed by atoms with E-state index in [1.165, 1.54) is 11.8 Å². The summed E-state index contributed by atoms with van der Waals surface area (Å²) in [6, 6.07) is 13.6. The van der Waals surface area contributed by atoms with E-state index in [0.29, 0.717) is 10.8 Å². The van der Waals surface area contributed by atoms with Crippen molar-refractivity contribution >= 4 is 72.4 Å². The van der Waals surface area contributed by atoms with Gasteiger partial charge in [-0.1, -0.05) is 35.5 Å². The van der Waals surface area contributed by atoms with Crippen molar-refractivity contribution in [2.75, 3.05) is 12.8 Å². The Labute approximate surface area is 174 Å². The van der Waals surface area contributed by atoms with Crippen molar-refractivity contribution in [3.8, 4) is 0 Å². The van der Waals surface area contributed by atoms with Crippen molar-refractivity contribution < 1.29 is 4.79 Å². The molecule has 0 fully saturated rings. The van der Waals surface area contributed by atoms with Crippen LogP contribution < -0.4 is 0 Å². The first-order valence-electron chi connectivity index (χ1n) is 8.31. The van der Waals surface area contributed by atoms with Gasteiger partial charge in [-0.3, -0.25) is 4.79 Å². The average molecular weight is 434 g/mol. The Kier molecular flexibility index (Phi) is 5.36. The van der Waals surface area contributed by atoms with Gasteiger partial charge in [-0.2, -0.15) is 0 Å². The number of halogens is 1. The summed E-state index contributed by atoms with van der Waals surface area (Å²) in [7, 11) is 1.83. The zero-order valence-electron chi connectivity index (χ0n) is 14.7. The van der Waals surface area contributed by atoms with Crippen molar-refractivity contribution in [2.45, 2.75) is 17.3 Å². The highest BCUT2D eigenvalue weighted by atomic mass is 35.5. The number of carbonyl (C=O) groups excluding carboxylic acids is 1. The zero-order valence-corrected chi connectivity index (χ0v) is 17.9. The van der Waals surface area contributed by atoms with Crippen LogP contribution in [0.2, 0.25) is 5.02 Å². The third-order valence-electron chi connectivity index (χ3n) is 4.29. The summed E-state index contributed by atoms with van der Waals surface area (Å²) in [6.07, 6.45) is 0. The van der Waals surface area contributed by atoms with Crippen LogP contribution >= 0.6 is 46.0 Å². The molecule has 2 heterocycles. The number of nitrogens with zero attached hydrogens (tertiary/aromatic N) is 3. The van der Waals surface area contributed by atoms with Gasteiger partial charge in [0.25, 0.3) is 0 Å². The summed E-state index contributed by atoms with van der Waals surface area (Å²) < 4.78 is 3.09. The number of aromatic nitrogens is 2. The van der Waals surface area contributed by atoms with E-state index >= 15 is 0 Å². The molecule has 4 nitrogen and oxygen atoms in total. The monoisotopic (exact) mass is 433 g/mol. The molecule has 0 aliphatic heterocycles. The standard InChI is InChI=1S/C19H16ClN3OS3/c1-11(18-21-13-5-3-4-6-15(13)26-18)23(2)17(24)10-25-19-22-14-9-12(20)7-8-16(14)27-19/h3-9,11H,10H2,1-2H3. The summed E-state index contributed by atoms with van der Waals surface area (Å²) in [5, 5.41) is 1.62. The number of amides is 1. The summed E-state index contributed by atoms with van der Waals surface area (Å²) in [5.41, 5.74) is 1.85. The van der Waals surface area contributed by atoms with Crippen LogP contribution in [-0.4, -0.2) is 33.6 Å². The van der Waals surface area contributed by atoms with E-state index in [2.05, 4.69) is 16.0 Å². The lowest BCUT2D eigenvalue weighted by atomic mass is 10.3. The fraction of sp³-hybridized carbons (Fsp3) is 0.211. The first-order chi connectivity index (χ1) is 13.0. The van der Waals surface area contributed by atoms with Crippen molar-refractivity contribution in [1.82, 2.24) is 14.9 Å². The molecule has 0 aliphatic carbocycles. The number of thioether (sulfide) groups is 1. The minimum atomic E-state index is -0.0651. The molecule has 138 valence electrons. The minimum Gasteiger partial charge on any atom is -0.336 e. The molecule has 1 amide bonds. The maximum atomic E-state index is 12.7. The number of hydrogen-bond donors (Lipinski definition) is 0. The molecule has 1 unspecified atom stereocenters. The number of carbonyl (C=O) groups is 1. The molecule has 4 aromatic rings. The molecule has 0 radical (unpaired) electrons. The third-order valence-corrected chi connectivity index (χ3v) is 7.90. The van der Waals surface area contributed by atoms with Crippen LogP contribution in [0, 0.1) is 0 Å². The van der Waals surface area contributed by atoms with Gasteiger partial charge in [-0.05, 0) is 37.3 Å². The number of para-hydroxylation sites is 1. The smallest absolute Gasteiger partial charge is 0.233 e. The fourth-order valence-electron chi connectivity index (χ4n) is 2.62. The van der Waals surface area contributed by atoms with Gasteiger partial charge in [0.2, 0.25) is 5.91 Å². The number of hydrogen-bond acceptors (Lipinski definition) is 6. The van der Waals surface area contributed by atoms with Crippen LogP contribution in [0.25, 0.3) is 20.4 Å². The highest BCUT2D eigenvalue weighted by Crippen LogP contribution is 2.32. The Morgan fingerprint density at radius 3 is 2.74 bits per heavy atom. The van der Waals surface area contributed by atoms with Gasteiger partial charge in [-0.25, -0.2) is 9.97 Å². The predicted molar refractivity (Wildman–Crippen MR) is 116 cm³/mol. The normalized spacial score (nSPS) is 12.6. The van der Waals surface area contributed by atoms with Crippen LogP contribution in [-0.2, 0) is 4.79 Å². The van der Waals surface area contributed by atoms with E-state index < -0.39 is 0 Å². The number of rotatable bonds is 5. The van der Waals surface area contributed by atoms with Crippen LogP contribution in [0.4, 0.5) is 0 Å². The number of benzene rings is 2. The second-order valence-corrected chi connectivity index (χ2v) is 9.83. The first kappa shape index (κ1) is 18.7. The molecule has 2 aromatic carbocycles. The molecule has 0 bridgehead atoms. The van der Waals surface area contributed by atoms with E-state index in [0.717, 1.165) is 29.8 Å². The molecule has 1 atom stereocenters. The quantitative estimate of drug-likeness (QED) is 0.369. The van der Waals surface area contributed by atoms with Crippen LogP contribution in [0.3, 0.4) is 0 Å². The maximum absolute atomic E-state index is 12.7. The van der Waals surface area contributed by atoms with Gasteiger partial charge >= 0.3 is 0 Å². The Balaban J connectivity index is 1.43. The number of thiazole rings is 2. The van der Waals surface area contributed by atoms with E-state index in [4.69, 9.17) is 11.6 Å². The molecule has 27 heavy (non-hydrogen) atoms. The Bertz CT molecular complexity index is 1090. The van der Waals surface area contributed by atoms with Crippen molar-refractivity contribution in [3.63, 3.8) is 0 Å². The molecular weight excluding hydrogens is 418 g/mol. The van der Waals surface area contributed by atoms with Gasteiger partial charge in [0.15, 0.2) is 4.34 Å². The van der Waals surface area contributed by atoms with Crippen molar-refractivity contribution in [3.05, 3.63) is 52.5 Å². The summed E-state index contributed by atoms with van der Waals surface area (Å²) in [6.45, 7) is 2.01. The largest absolute Gasteiger partial charge is 0.336 e. The van der Waals surface area contributed by atoms with Gasteiger partial charge < -0.3 is 4.90 Å². The predicted octanol–water partition coefficient (Wildman–Crippen LogP) is 5.87. The van der Waals surface area contributed by atoms with Crippen molar-refractivity contribution in [2.24, 2.45) is 0 Å². The van der Waals surface area contributed by atoms with Gasteiger partial charge in [0.1, 0.15) is 5.01 Å². The Morgan fingerprint density at radius 2 is 1.93 bits per heavy atom. The molecule has 2 aromatic heterocycles. The second kappa shape index (κ2) is 7.75. The molecular formula is C19H16ClN3OS3. The Morgan fingerprint density at radius 1 is 1.15 bits per heavy atom. The summed E-state index contributed by atoms with van der Waals surface area (Å²) in [4.78, 5) is 23.6. The second-order valence-electron chi connectivity index (χ2n) is 6.08. The van der Waals surface area contributed by atoms with Crippen molar-refractivity contribution in [1.29, 1.82) is 0 Å². The maximum Gasteiger partial charge on any atom is 0.233 e. The topological polar surface area (TPSA) is 46.1 Å². The molecule has 4 rings (SSSR count). The van der Waals surface area contributed by atoms with E-state index in [9.17, 15) is 4.79 Å². The van der Waals surface area contributed by atoms with Gasteiger partial charge in [0.05, 0.1) is 32.2 Å². The average Bonchev–Trinajstić information content (AvgIpc) is 3.27. The Hall–Kier alpha value is -1.67. The van der Waals surface area contributed by atoms with Gasteiger partial charge in [0, 0.05) is 12.1 Å². The molecule has 0 saturated heterocycles. The molecule has 0 N–H and O–H groups in total. The summed E-state index contributed by atoms with van der Waals surface area (Å²) in [5.74, 6) is 0.406. The number of fused-ring (bicyclic) bond motifs is 2. The molecule has 8 heteroatoms. The lowest BCUT2D eigenvalue weighted by Crippen LogP contribution is -2.31. The molecule has 0 saturated carbocycles. The highest BCUT2D eigenvalue weighted by Gasteiger charge is 2.21. The first-order valence-corrected chi connectivity index (χ1v) is 11.3. The zero-order chi connectivity index (χ0) is 19.0. The van der Waals surface area contributed by atoms with E-state index in [1.807, 2.05) is 50.4 Å². The molecule has 0 aliphatic rings.